The summed E-state index contributed by atoms with van der Waals surface area (Å²) >= 11 is 0. The lowest BCUT2D eigenvalue weighted by Crippen LogP contribution is -2.27. The van der Waals surface area contributed by atoms with Gasteiger partial charge in [-0.15, -0.1) is 0 Å². The van der Waals surface area contributed by atoms with Crippen molar-refractivity contribution < 1.29 is 13.6 Å². The van der Waals surface area contributed by atoms with Crippen LogP contribution in [-0.2, 0) is 13.6 Å². The minimum atomic E-state index is -0.955. The van der Waals surface area contributed by atoms with E-state index in [1.54, 1.807) is 0 Å². The number of carbonyl (C=O) groups is 1. The summed E-state index contributed by atoms with van der Waals surface area (Å²) in [5, 5.41) is 3.64. The Balaban J connectivity index is 2.34. The van der Waals surface area contributed by atoms with Crippen LogP contribution in [0.15, 0.2) is 29.3 Å². The zero-order chi connectivity index (χ0) is 13.3. The number of ketones is 1. The first-order valence-corrected chi connectivity index (χ1v) is 5.06. The third-order valence-corrected chi connectivity index (χ3v) is 2.42. The molecule has 0 bridgehead atoms. The maximum atomic E-state index is 13.3. The van der Waals surface area contributed by atoms with Crippen LogP contribution in [0.3, 0.4) is 0 Å². The maximum absolute atomic E-state index is 13.3. The van der Waals surface area contributed by atoms with Crippen molar-refractivity contribution in [2.45, 2.75) is 6.54 Å². The van der Waals surface area contributed by atoms with Crippen LogP contribution < -0.4 is 5.69 Å². The molecule has 0 saturated carbocycles. The fraction of sp³-hybridized carbons (Fsp3) is 0.182. The summed E-state index contributed by atoms with van der Waals surface area (Å²) in [4.78, 5) is 23.2. The summed E-state index contributed by atoms with van der Waals surface area (Å²) in [6, 6.07) is 3.13. The zero-order valence-corrected chi connectivity index (χ0v) is 9.43. The van der Waals surface area contributed by atoms with Crippen molar-refractivity contribution in [3.8, 4) is 0 Å². The van der Waals surface area contributed by atoms with Gasteiger partial charge in [-0.1, -0.05) is 6.07 Å². The van der Waals surface area contributed by atoms with Gasteiger partial charge in [-0.3, -0.25) is 9.36 Å². The van der Waals surface area contributed by atoms with Crippen LogP contribution in [0.4, 0.5) is 8.78 Å². The van der Waals surface area contributed by atoms with E-state index in [0.717, 1.165) is 27.4 Å². The fourth-order valence-electron chi connectivity index (χ4n) is 1.51. The topological polar surface area (TPSA) is 56.9 Å². The van der Waals surface area contributed by atoms with Crippen LogP contribution >= 0.6 is 0 Å². The Bertz CT molecular complexity index is 640. The van der Waals surface area contributed by atoms with Gasteiger partial charge in [-0.2, -0.15) is 5.10 Å². The average molecular weight is 253 g/mol. The van der Waals surface area contributed by atoms with Gasteiger partial charge in [0.1, 0.15) is 24.5 Å². The summed E-state index contributed by atoms with van der Waals surface area (Å²) in [6.45, 7) is -0.502. The van der Waals surface area contributed by atoms with Crippen molar-refractivity contribution >= 4 is 5.78 Å². The van der Waals surface area contributed by atoms with Crippen molar-refractivity contribution in [1.29, 1.82) is 0 Å². The second-order valence-electron chi connectivity index (χ2n) is 3.70. The highest BCUT2D eigenvalue weighted by Gasteiger charge is 2.18. The van der Waals surface area contributed by atoms with E-state index < -0.39 is 35.2 Å². The summed E-state index contributed by atoms with van der Waals surface area (Å²) in [5.41, 5.74) is -1.19. The predicted octanol–water partition coefficient (Wildman–Crippen LogP) is 0.743. The monoisotopic (exact) mass is 253 g/mol. The van der Waals surface area contributed by atoms with Gasteiger partial charge in [0, 0.05) is 7.05 Å². The van der Waals surface area contributed by atoms with E-state index in [-0.39, 0.29) is 0 Å². The van der Waals surface area contributed by atoms with Crippen molar-refractivity contribution in [2.24, 2.45) is 7.05 Å². The van der Waals surface area contributed by atoms with Gasteiger partial charge in [-0.05, 0) is 12.1 Å². The van der Waals surface area contributed by atoms with Crippen molar-refractivity contribution in [3.63, 3.8) is 0 Å². The van der Waals surface area contributed by atoms with E-state index in [9.17, 15) is 18.4 Å². The molecule has 0 aliphatic heterocycles. The Hall–Kier alpha value is -2.31. The standard InChI is InChI=1S/C11H9F2N3O2/c1-15-6-14-16(11(15)18)5-9(17)10-7(12)3-2-4-8(10)13/h2-4,6H,5H2,1H3. The molecule has 7 heteroatoms. The van der Waals surface area contributed by atoms with E-state index >= 15 is 0 Å². The highest BCUT2D eigenvalue weighted by atomic mass is 19.1. The number of nitrogens with zero attached hydrogens (tertiary/aromatic N) is 3. The summed E-state index contributed by atoms with van der Waals surface area (Å²) < 4.78 is 28.7. The SMILES string of the molecule is Cn1cnn(CC(=O)c2c(F)cccc2F)c1=O. The molecular weight excluding hydrogens is 244 g/mol. The van der Waals surface area contributed by atoms with Crippen LogP contribution in [0.25, 0.3) is 0 Å². The third kappa shape index (κ3) is 2.06. The zero-order valence-electron chi connectivity index (χ0n) is 9.43. The van der Waals surface area contributed by atoms with Crippen molar-refractivity contribution in [1.82, 2.24) is 14.3 Å². The summed E-state index contributed by atoms with van der Waals surface area (Å²) in [5.74, 6) is -2.75. The quantitative estimate of drug-likeness (QED) is 0.758. The van der Waals surface area contributed by atoms with Crippen LogP contribution in [0, 0.1) is 11.6 Å². The summed E-state index contributed by atoms with van der Waals surface area (Å²) in [6.07, 6.45) is 1.22. The van der Waals surface area contributed by atoms with Crippen LogP contribution in [0.2, 0.25) is 0 Å². The van der Waals surface area contributed by atoms with Gasteiger partial charge in [0.05, 0.1) is 5.56 Å². The Labute approximate surface area is 100 Å². The van der Waals surface area contributed by atoms with Gasteiger partial charge >= 0.3 is 5.69 Å². The average Bonchev–Trinajstić information content (AvgIpc) is 2.61. The number of rotatable bonds is 3. The molecule has 0 spiro atoms. The van der Waals surface area contributed by atoms with Crippen LogP contribution in [-0.4, -0.2) is 20.1 Å². The molecule has 18 heavy (non-hydrogen) atoms. The predicted molar refractivity (Wildman–Crippen MR) is 58.2 cm³/mol. The van der Waals surface area contributed by atoms with Crippen molar-refractivity contribution in [2.75, 3.05) is 0 Å². The largest absolute Gasteiger partial charge is 0.345 e. The highest BCUT2D eigenvalue weighted by molar-refractivity contribution is 5.96. The molecule has 0 aliphatic rings. The Morgan fingerprint density at radius 2 is 1.94 bits per heavy atom. The molecule has 0 saturated heterocycles. The molecule has 2 aromatic rings. The normalized spacial score (nSPS) is 10.6. The van der Waals surface area contributed by atoms with E-state index in [1.165, 1.54) is 13.4 Å². The number of halogens is 2. The number of carbonyl (C=O) groups excluding carboxylic acids is 1. The Kier molecular flexibility index (Phi) is 3.05. The smallest absolute Gasteiger partial charge is 0.292 e. The summed E-state index contributed by atoms with van der Waals surface area (Å²) in [7, 11) is 1.46. The van der Waals surface area contributed by atoms with Crippen LogP contribution in [0.1, 0.15) is 10.4 Å². The van der Waals surface area contributed by atoms with Gasteiger partial charge in [0.25, 0.3) is 0 Å². The molecule has 94 valence electrons. The number of Topliss-reactive ketones (excluding diaryl/α,β-unsaturated/α-hetero) is 1. The number of hydrogen-bond donors (Lipinski definition) is 0. The molecule has 0 unspecified atom stereocenters. The molecule has 0 aliphatic carbocycles. The second-order valence-corrected chi connectivity index (χ2v) is 3.70. The number of hydrogen-bond acceptors (Lipinski definition) is 3. The Morgan fingerprint density at radius 1 is 1.33 bits per heavy atom. The first-order chi connectivity index (χ1) is 8.50. The highest BCUT2D eigenvalue weighted by Crippen LogP contribution is 2.13. The van der Waals surface area contributed by atoms with Crippen molar-refractivity contribution in [3.05, 3.63) is 52.2 Å². The molecule has 0 atom stereocenters. The first-order valence-electron chi connectivity index (χ1n) is 5.06. The second kappa shape index (κ2) is 4.52. The lowest BCUT2D eigenvalue weighted by Gasteiger charge is -2.03. The lowest BCUT2D eigenvalue weighted by atomic mass is 10.1. The van der Waals surface area contributed by atoms with Gasteiger partial charge < -0.3 is 0 Å². The molecule has 1 heterocycles. The molecule has 1 aromatic carbocycles. The fourth-order valence-corrected chi connectivity index (χ4v) is 1.51. The minimum Gasteiger partial charge on any atom is -0.292 e. The third-order valence-electron chi connectivity index (χ3n) is 2.42. The number of aryl methyl sites for hydroxylation is 1. The van der Waals surface area contributed by atoms with Gasteiger partial charge in [0.15, 0.2) is 5.78 Å². The van der Waals surface area contributed by atoms with E-state index in [4.69, 9.17) is 0 Å². The van der Waals surface area contributed by atoms with Crippen LogP contribution in [0.5, 0.6) is 0 Å². The molecule has 0 fully saturated rings. The molecule has 2 rings (SSSR count). The molecule has 0 radical (unpaired) electrons. The molecule has 1 aromatic heterocycles. The van der Waals surface area contributed by atoms with Gasteiger partial charge in [0.2, 0.25) is 0 Å². The minimum absolute atomic E-state index is 0.502. The molecular formula is C11H9F2N3O2. The molecule has 0 amide bonds. The van der Waals surface area contributed by atoms with E-state index in [2.05, 4.69) is 5.10 Å². The van der Waals surface area contributed by atoms with Gasteiger partial charge in [-0.25, -0.2) is 18.3 Å². The Morgan fingerprint density at radius 3 is 2.44 bits per heavy atom. The maximum Gasteiger partial charge on any atom is 0.345 e. The molecule has 0 N–H and O–H groups in total. The first kappa shape index (κ1) is 12.2. The molecule has 5 nitrogen and oxygen atoms in total. The lowest BCUT2D eigenvalue weighted by molar-refractivity contribution is 0.0957. The number of benzene rings is 1. The van der Waals surface area contributed by atoms with E-state index in [1.807, 2.05) is 0 Å². The van der Waals surface area contributed by atoms with E-state index in [0.29, 0.717) is 0 Å². The number of aromatic nitrogens is 3.